The number of nitro groups is 1. The number of nitrogens with two attached hydrogens (primary N) is 2. The van der Waals surface area contributed by atoms with Crippen LogP contribution in [-0.2, 0) is 0 Å². The van der Waals surface area contributed by atoms with E-state index in [9.17, 15) is 14.9 Å². The molecule has 0 fully saturated rings. The predicted molar refractivity (Wildman–Crippen MR) is 77.7 cm³/mol. The second kappa shape index (κ2) is 5.87. The molecule has 7 nitrogen and oxygen atoms in total. The van der Waals surface area contributed by atoms with Crippen LogP contribution in [0.2, 0.25) is 0 Å². The van der Waals surface area contributed by atoms with Crippen LogP contribution in [0.1, 0.15) is 24.2 Å². The fourth-order valence-electron chi connectivity index (χ4n) is 1.93. The summed E-state index contributed by atoms with van der Waals surface area (Å²) >= 11 is 0. The summed E-state index contributed by atoms with van der Waals surface area (Å²) in [6.07, 6.45) is 0. The second-order valence-electron chi connectivity index (χ2n) is 5.55. The van der Waals surface area contributed by atoms with Crippen molar-refractivity contribution in [3.05, 3.63) is 33.9 Å². The molecule has 0 bridgehead atoms. The standard InChI is InChI=1S/C13H20N4O3/c1-13(2,7-14)8-16(3)11-6-9(12(15)18)4-5-10(11)17(19)20/h4-6H,7-8,14H2,1-3H3,(H2,15,18). The van der Waals surface area contributed by atoms with Crippen molar-refractivity contribution in [3.8, 4) is 0 Å². The van der Waals surface area contributed by atoms with Gasteiger partial charge in [0.1, 0.15) is 5.69 Å². The first kappa shape index (κ1) is 15.9. The number of hydrogen-bond acceptors (Lipinski definition) is 5. The average molecular weight is 280 g/mol. The van der Waals surface area contributed by atoms with Crippen molar-refractivity contribution in [2.45, 2.75) is 13.8 Å². The Balaban J connectivity index is 3.22. The lowest BCUT2D eigenvalue weighted by molar-refractivity contribution is -0.384. The molecule has 20 heavy (non-hydrogen) atoms. The van der Waals surface area contributed by atoms with E-state index in [0.717, 1.165) is 0 Å². The Hall–Kier alpha value is -2.15. The van der Waals surface area contributed by atoms with Gasteiger partial charge >= 0.3 is 0 Å². The molecule has 110 valence electrons. The van der Waals surface area contributed by atoms with E-state index in [0.29, 0.717) is 18.8 Å². The zero-order valence-electron chi connectivity index (χ0n) is 11.9. The highest BCUT2D eigenvalue weighted by Gasteiger charge is 2.24. The Morgan fingerprint density at radius 2 is 2.05 bits per heavy atom. The summed E-state index contributed by atoms with van der Waals surface area (Å²) in [6.45, 7) is 4.90. The third-order valence-electron chi connectivity index (χ3n) is 3.09. The van der Waals surface area contributed by atoms with Crippen LogP contribution in [0.5, 0.6) is 0 Å². The van der Waals surface area contributed by atoms with E-state index in [2.05, 4.69) is 0 Å². The largest absolute Gasteiger partial charge is 0.368 e. The van der Waals surface area contributed by atoms with E-state index >= 15 is 0 Å². The van der Waals surface area contributed by atoms with Gasteiger partial charge in [-0.25, -0.2) is 0 Å². The van der Waals surface area contributed by atoms with E-state index < -0.39 is 10.8 Å². The number of nitro benzene ring substituents is 1. The molecule has 1 amide bonds. The molecule has 0 aliphatic heterocycles. The van der Waals surface area contributed by atoms with Gasteiger partial charge in [-0.3, -0.25) is 14.9 Å². The van der Waals surface area contributed by atoms with Crippen LogP contribution < -0.4 is 16.4 Å². The number of carbonyl (C=O) groups is 1. The third-order valence-corrected chi connectivity index (χ3v) is 3.09. The Bertz CT molecular complexity index is 528. The maximum Gasteiger partial charge on any atom is 0.292 e. The summed E-state index contributed by atoms with van der Waals surface area (Å²) in [4.78, 5) is 23.5. The first-order valence-electron chi connectivity index (χ1n) is 6.17. The number of rotatable bonds is 6. The monoisotopic (exact) mass is 280 g/mol. The van der Waals surface area contributed by atoms with Gasteiger partial charge in [-0.15, -0.1) is 0 Å². The molecule has 0 radical (unpaired) electrons. The van der Waals surface area contributed by atoms with Crippen molar-refractivity contribution in [2.24, 2.45) is 16.9 Å². The molecule has 0 atom stereocenters. The molecule has 1 aromatic carbocycles. The normalized spacial score (nSPS) is 11.2. The minimum Gasteiger partial charge on any atom is -0.368 e. The number of primary amides is 1. The van der Waals surface area contributed by atoms with Gasteiger partial charge in [0, 0.05) is 25.2 Å². The van der Waals surface area contributed by atoms with Crippen molar-refractivity contribution in [3.63, 3.8) is 0 Å². The van der Waals surface area contributed by atoms with Crippen LogP contribution >= 0.6 is 0 Å². The Morgan fingerprint density at radius 1 is 1.45 bits per heavy atom. The highest BCUT2D eigenvalue weighted by molar-refractivity contribution is 5.94. The van der Waals surface area contributed by atoms with E-state index in [1.54, 1.807) is 11.9 Å². The quantitative estimate of drug-likeness (QED) is 0.598. The van der Waals surface area contributed by atoms with Gasteiger partial charge in [-0.2, -0.15) is 0 Å². The zero-order chi connectivity index (χ0) is 15.5. The van der Waals surface area contributed by atoms with Gasteiger partial charge in [0.25, 0.3) is 5.69 Å². The molecule has 0 saturated carbocycles. The van der Waals surface area contributed by atoms with E-state index in [-0.39, 0.29) is 16.7 Å². The summed E-state index contributed by atoms with van der Waals surface area (Å²) in [5.41, 5.74) is 11.2. The zero-order valence-corrected chi connectivity index (χ0v) is 11.9. The lowest BCUT2D eigenvalue weighted by atomic mass is 9.93. The number of hydrogen-bond donors (Lipinski definition) is 2. The molecule has 4 N–H and O–H groups in total. The molecule has 0 saturated heterocycles. The van der Waals surface area contributed by atoms with E-state index in [4.69, 9.17) is 11.5 Å². The highest BCUT2D eigenvalue weighted by atomic mass is 16.6. The minimum absolute atomic E-state index is 0.0645. The van der Waals surface area contributed by atoms with Gasteiger partial charge < -0.3 is 16.4 Å². The molecule has 7 heteroatoms. The number of anilines is 1. The first-order valence-corrected chi connectivity index (χ1v) is 6.17. The topological polar surface area (TPSA) is 115 Å². The van der Waals surface area contributed by atoms with Crippen molar-refractivity contribution in [2.75, 3.05) is 25.0 Å². The number of amides is 1. The van der Waals surface area contributed by atoms with Crippen molar-refractivity contribution in [1.82, 2.24) is 0 Å². The molecule has 1 aromatic rings. The summed E-state index contributed by atoms with van der Waals surface area (Å²) in [6, 6.07) is 4.08. The Labute approximate surface area is 117 Å². The summed E-state index contributed by atoms with van der Waals surface area (Å²) in [5.74, 6) is -0.618. The molecule has 0 aliphatic rings. The first-order chi connectivity index (χ1) is 9.18. The fraction of sp³-hybridized carbons (Fsp3) is 0.462. The fourth-order valence-corrected chi connectivity index (χ4v) is 1.93. The van der Waals surface area contributed by atoms with Crippen molar-refractivity contribution in [1.29, 1.82) is 0 Å². The lowest BCUT2D eigenvalue weighted by Gasteiger charge is -2.30. The average Bonchev–Trinajstić information content (AvgIpc) is 2.37. The Morgan fingerprint density at radius 3 is 2.50 bits per heavy atom. The molecule has 0 aliphatic carbocycles. The molecule has 1 rings (SSSR count). The van der Waals surface area contributed by atoms with Crippen LogP contribution in [0.3, 0.4) is 0 Å². The summed E-state index contributed by atoms with van der Waals surface area (Å²) < 4.78 is 0. The molecule has 0 aromatic heterocycles. The van der Waals surface area contributed by atoms with E-state index in [1.807, 2.05) is 13.8 Å². The SMILES string of the molecule is CN(CC(C)(C)CN)c1cc(C(N)=O)ccc1[N+](=O)[O-]. The van der Waals surface area contributed by atoms with Gasteiger partial charge in [0.2, 0.25) is 5.91 Å². The number of nitrogens with zero attached hydrogens (tertiary/aromatic N) is 2. The van der Waals surface area contributed by atoms with Crippen LogP contribution in [0.25, 0.3) is 0 Å². The molecule has 0 unspecified atom stereocenters. The minimum atomic E-state index is -0.618. The molecule has 0 heterocycles. The van der Waals surface area contributed by atoms with Crippen LogP contribution in [0, 0.1) is 15.5 Å². The smallest absolute Gasteiger partial charge is 0.292 e. The second-order valence-corrected chi connectivity index (χ2v) is 5.55. The summed E-state index contributed by atoms with van der Waals surface area (Å²) in [7, 11) is 1.73. The maximum atomic E-state index is 11.2. The van der Waals surface area contributed by atoms with Crippen LogP contribution in [0.4, 0.5) is 11.4 Å². The number of carbonyl (C=O) groups excluding carboxylic acids is 1. The maximum absolute atomic E-state index is 11.2. The molecular formula is C13H20N4O3. The molecule has 0 spiro atoms. The van der Waals surface area contributed by atoms with Gasteiger partial charge in [-0.1, -0.05) is 13.8 Å². The lowest BCUT2D eigenvalue weighted by Crippen LogP contribution is -2.37. The third kappa shape index (κ3) is 3.67. The highest BCUT2D eigenvalue weighted by Crippen LogP contribution is 2.30. The van der Waals surface area contributed by atoms with Gasteiger partial charge in [0.15, 0.2) is 0 Å². The van der Waals surface area contributed by atoms with Crippen LogP contribution in [-0.4, -0.2) is 31.0 Å². The predicted octanol–water partition coefficient (Wildman–Crippen LogP) is 1.11. The van der Waals surface area contributed by atoms with Crippen LogP contribution in [0.15, 0.2) is 18.2 Å². The van der Waals surface area contributed by atoms with Crippen molar-refractivity contribution >= 4 is 17.3 Å². The van der Waals surface area contributed by atoms with Crippen molar-refractivity contribution < 1.29 is 9.72 Å². The summed E-state index contributed by atoms with van der Waals surface area (Å²) in [5, 5.41) is 11.1. The Kier molecular flexibility index (Phi) is 4.67. The van der Waals surface area contributed by atoms with Gasteiger partial charge in [0.05, 0.1) is 4.92 Å². The number of benzene rings is 1. The molecular weight excluding hydrogens is 260 g/mol. The van der Waals surface area contributed by atoms with Gasteiger partial charge in [-0.05, 0) is 24.1 Å². The van der Waals surface area contributed by atoms with E-state index in [1.165, 1.54) is 18.2 Å².